The predicted octanol–water partition coefficient (Wildman–Crippen LogP) is 3.65. The van der Waals surface area contributed by atoms with Crippen LogP contribution in [-0.2, 0) is 4.74 Å². The molecule has 0 aromatic heterocycles. The molecule has 4 nitrogen and oxygen atoms in total. The van der Waals surface area contributed by atoms with Gasteiger partial charge in [-0.05, 0) is 62.3 Å². The minimum atomic E-state index is 0.190. The van der Waals surface area contributed by atoms with Crippen molar-refractivity contribution in [3.8, 4) is 5.75 Å². The highest BCUT2D eigenvalue weighted by molar-refractivity contribution is 5.94. The first-order chi connectivity index (χ1) is 11.8. The molecule has 3 fully saturated rings. The molecular weight excluding hydrogens is 302 g/mol. The molecule has 24 heavy (non-hydrogen) atoms. The van der Waals surface area contributed by atoms with Gasteiger partial charge in [-0.3, -0.25) is 4.79 Å². The van der Waals surface area contributed by atoms with Crippen LogP contribution in [0, 0.1) is 5.92 Å². The molecule has 0 radical (unpaired) electrons. The average Bonchev–Trinajstić information content (AvgIpc) is 3.29. The van der Waals surface area contributed by atoms with Gasteiger partial charge in [-0.2, -0.15) is 0 Å². The summed E-state index contributed by atoms with van der Waals surface area (Å²) in [6.07, 6.45) is 8.68. The molecule has 2 aliphatic heterocycles. The fourth-order valence-electron chi connectivity index (χ4n) is 4.48. The molecular formula is C20H27NO3. The van der Waals surface area contributed by atoms with Crippen LogP contribution in [-0.4, -0.2) is 42.7 Å². The van der Waals surface area contributed by atoms with Crippen LogP contribution in [0.2, 0.25) is 0 Å². The summed E-state index contributed by atoms with van der Waals surface area (Å²) in [5, 5.41) is 0. The molecule has 1 saturated carbocycles. The zero-order valence-corrected chi connectivity index (χ0v) is 14.3. The highest BCUT2D eigenvalue weighted by Gasteiger charge is 2.38. The van der Waals surface area contributed by atoms with E-state index < -0.39 is 0 Å². The molecule has 1 amide bonds. The maximum atomic E-state index is 12.8. The summed E-state index contributed by atoms with van der Waals surface area (Å²) in [6, 6.07) is 8.11. The summed E-state index contributed by atoms with van der Waals surface area (Å²) in [6.45, 7) is 2.37. The Labute approximate surface area is 144 Å². The molecule has 4 rings (SSSR count). The number of likely N-dealkylation sites (tertiary alicyclic amines) is 1. The monoisotopic (exact) mass is 329 g/mol. The molecule has 1 aliphatic carbocycles. The Morgan fingerprint density at radius 2 is 1.92 bits per heavy atom. The van der Waals surface area contributed by atoms with Crippen molar-refractivity contribution in [2.24, 2.45) is 5.92 Å². The molecule has 1 aromatic rings. The van der Waals surface area contributed by atoms with Crippen molar-refractivity contribution in [3.63, 3.8) is 0 Å². The summed E-state index contributed by atoms with van der Waals surface area (Å²) in [5.41, 5.74) is 0.783. The summed E-state index contributed by atoms with van der Waals surface area (Å²) in [5.74, 6) is 1.74. The first kappa shape index (κ1) is 15.9. The van der Waals surface area contributed by atoms with Crippen molar-refractivity contribution >= 4 is 5.91 Å². The van der Waals surface area contributed by atoms with Crippen molar-refractivity contribution in [1.82, 2.24) is 4.90 Å². The summed E-state index contributed by atoms with van der Waals surface area (Å²) in [7, 11) is 0. The van der Waals surface area contributed by atoms with E-state index in [4.69, 9.17) is 9.47 Å². The molecule has 3 aliphatic rings. The van der Waals surface area contributed by atoms with Gasteiger partial charge >= 0.3 is 0 Å². The second-order valence-corrected chi connectivity index (χ2v) is 7.37. The number of amides is 1. The summed E-state index contributed by atoms with van der Waals surface area (Å²) < 4.78 is 11.4. The lowest BCUT2D eigenvalue weighted by Gasteiger charge is -2.31. The number of carbonyl (C=O) groups excluding carboxylic acids is 1. The van der Waals surface area contributed by atoms with Crippen molar-refractivity contribution in [2.45, 2.75) is 57.1 Å². The van der Waals surface area contributed by atoms with E-state index in [0.29, 0.717) is 12.6 Å². The van der Waals surface area contributed by atoms with Gasteiger partial charge in [-0.15, -0.1) is 0 Å². The van der Waals surface area contributed by atoms with Gasteiger partial charge in [0.25, 0.3) is 5.91 Å². The highest BCUT2D eigenvalue weighted by atomic mass is 16.5. The Morgan fingerprint density at radius 3 is 2.71 bits per heavy atom. The van der Waals surface area contributed by atoms with E-state index in [2.05, 4.69) is 4.90 Å². The molecule has 2 saturated heterocycles. The molecule has 1 aromatic carbocycles. The van der Waals surface area contributed by atoms with Crippen molar-refractivity contribution in [1.29, 1.82) is 0 Å². The lowest BCUT2D eigenvalue weighted by molar-refractivity contribution is 0.0674. The van der Waals surface area contributed by atoms with Crippen molar-refractivity contribution in [3.05, 3.63) is 29.8 Å². The van der Waals surface area contributed by atoms with Gasteiger partial charge in [0.1, 0.15) is 12.4 Å². The Bertz CT molecular complexity index is 565. The van der Waals surface area contributed by atoms with Gasteiger partial charge in [-0.1, -0.05) is 12.8 Å². The Kier molecular flexibility index (Phi) is 4.74. The second-order valence-electron chi connectivity index (χ2n) is 7.37. The Morgan fingerprint density at radius 1 is 1.08 bits per heavy atom. The second kappa shape index (κ2) is 7.14. The first-order valence-corrected chi connectivity index (χ1v) is 9.47. The third-order valence-corrected chi connectivity index (χ3v) is 5.83. The van der Waals surface area contributed by atoms with Crippen molar-refractivity contribution < 1.29 is 14.3 Å². The third-order valence-electron chi connectivity index (χ3n) is 5.83. The predicted molar refractivity (Wildman–Crippen MR) is 92.3 cm³/mol. The van der Waals surface area contributed by atoms with Crippen LogP contribution in [0.3, 0.4) is 0 Å². The molecule has 4 heteroatoms. The van der Waals surface area contributed by atoms with Gasteiger partial charge in [-0.25, -0.2) is 0 Å². The normalized spacial score (nSPS) is 29.5. The number of rotatable bonds is 4. The number of carbonyl (C=O) groups is 1. The summed E-state index contributed by atoms with van der Waals surface area (Å²) in [4.78, 5) is 15.0. The number of fused-ring (bicyclic) bond motifs is 1. The number of hydrogen-bond donors (Lipinski definition) is 0. The van der Waals surface area contributed by atoms with Gasteiger partial charge in [0.15, 0.2) is 0 Å². The highest BCUT2D eigenvalue weighted by Crippen LogP contribution is 2.36. The van der Waals surface area contributed by atoms with Crippen LogP contribution in [0.25, 0.3) is 0 Å². The number of ether oxygens (including phenoxy) is 2. The number of nitrogens with zero attached hydrogens (tertiary/aromatic N) is 1. The SMILES string of the molecule is O=C(c1ccc(OC[C@@H]2CCCO2)cc1)N1CC[C@H]2CCCC[C@@H]21. The minimum absolute atomic E-state index is 0.190. The van der Waals surface area contributed by atoms with E-state index in [1.165, 1.54) is 32.1 Å². The van der Waals surface area contributed by atoms with E-state index >= 15 is 0 Å². The zero-order valence-electron chi connectivity index (χ0n) is 14.3. The quantitative estimate of drug-likeness (QED) is 0.846. The lowest BCUT2D eigenvalue weighted by Crippen LogP contribution is -2.39. The maximum Gasteiger partial charge on any atom is 0.254 e. The first-order valence-electron chi connectivity index (χ1n) is 9.47. The van der Waals surface area contributed by atoms with Crippen LogP contribution < -0.4 is 4.74 Å². The van der Waals surface area contributed by atoms with Crippen LogP contribution in [0.4, 0.5) is 0 Å². The lowest BCUT2D eigenvalue weighted by atomic mass is 9.85. The third kappa shape index (κ3) is 3.30. The molecule has 130 valence electrons. The fraction of sp³-hybridized carbons (Fsp3) is 0.650. The zero-order chi connectivity index (χ0) is 16.4. The van der Waals surface area contributed by atoms with Gasteiger partial charge in [0.05, 0.1) is 6.10 Å². The van der Waals surface area contributed by atoms with E-state index in [9.17, 15) is 4.79 Å². The van der Waals surface area contributed by atoms with Crippen LogP contribution >= 0.6 is 0 Å². The van der Waals surface area contributed by atoms with E-state index in [-0.39, 0.29) is 12.0 Å². The van der Waals surface area contributed by atoms with Gasteiger partial charge < -0.3 is 14.4 Å². The largest absolute Gasteiger partial charge is 0.491 e. The van der Waals surface area contributed by atoms with Crippen LogP contribution in [0.5, 0.6) is 5.75 Å². The number of benzene rings is 1. The van der Waals surface area contributed by atoms with E-state index in [0.717, 1.165) is 43.2 Å². The van der Waals surface area contributed by atoms with Crippen LogP contribution in [0.15, 0.2) is 24.3 Å². The van der Waals surface area contributed by atoms with E-state index in [1.807, 2.05) is 24.3 Å². The minimum Gasteiger partial charge on any atom is -0.491 e. The molecule has 0 unspecified atom stereocenters. The standard InChI is InChI=1S/C20H27NO3/c22-20(21-12-11-15-4-1-2-6-19(15)21)16-7-9-17(10-8-16)24-14-18-5-3-13-23-18/h7-10,15,18-19H,1-6,11-14H2/t15-,18+,19+/m1/s1. The van der Waals surface area contributed by atoms with E-state index in [1.54, 1.807) is 0 Å². The van der Waals surface area contributed by atoms with Crippen molar-refractivity contribution in [2.75, 3.05) is 19.8 Å². The molecule has 2 heterocycles. The molecule has 0 spiro atoms. The van der Waals surface area contributed by atoms with Crippen LogP contribution in [0.1, 0.15) is 55.3 Å². The molecule has 0 N–H and O–H groups in total. The fourth-order valence-corrected chi connectivity index (χ4v) is 4.48. The van der Waals surface area contributed by atoms with Gasteiger partial charge in [0.2, 0.25) is 0 Å². The maximum absolute atomic E-state index is 12.8. The molecule has 3 atom stereocenters. The average molecular weight is 329 g/mol. The Balaban J connectivity index is 1.36. The Hall–Kier alpha value is -1.55. The smallest absolute Gasteiger partial charge is 0.254 e. The van der Waals surface area contributed by atoms with Gasteiger partial charge in [0, 0.05) is 24.8 Å². The number of hydrogen-bond acceptors (Lipinski definition) is 3. The topological polar surface area (TPSA) is 38.8 Å². The summed E-state index contributed by atoms with van der Waals surface area (Å²) >= 11 is 0. The molecule has 0 bridgehead atoms.